The molecule has 0 bridgehead atoms. The molecule has 2 aromatic heterocycles. The van der Waals surface area contributed by atoms with Gasteiger partial charge in [0.1, 0.15) is 0 Å². The van der Waals surface area contributed by atoms with Gasteiger partial charge in [0, 0.05) is 18.7 Å². The van der Waals surface area contributed by atoms with Crippen LogP contribution in [0.3, 0.4) is 0 Å². The Balaban J connectivity index is 1.90. The van der Waals surface area contributed by atoms with Crippen LogP contribution in [0.15, 0.2) is 27.7 Å². The lowest BCUT2D eigenvalue weighted by Gasteiger charge is -1.98. The molecule has 0 amide bonds. The van der Waals surface area contributed by atoms with Crippen molar-refractivity contribution in [1.82, 2.24) is 25.2 Å². The lowest BCUT2D eigenvalue weighted by Crippen LogP contribution is -2.00. The molecule has 0 saturated carbocycles. The molecule has 0 aliphatic carbocycles. The highest BCUT2D eigenvalue weighted by Crippen LogP contribution is 2.34. The number of fused-ring (bicyclic) bond motifs is 1. The van der Waals surface area contributed by atoms with Gasteiger partial charge in [0.25, 0.3) is 5.69 Å². The second-order valence-corrected chi connectivity index (χ2v) is 6.42. The fraction of sp³-hybridized carbons (Fsp3) is 0.273. The molecule has 0 fully saturated rings. The molecule has 10 heteroatoms. The van der Waals surface area contributed by atoms with Crippen LogP contribution in [0.4, 0.5) is 5.69 Å². The first-order valence-corrected chi connectivity index (χ1v) is 7.79. The van der Waals surface area contributed by atoms with E-state index in [1.54, 1.807) is 10.7 Å². The van der Waals surface area contributed by atoms with Gasteiger partial charge >= 0.3 is 0 Å². The van der Waals surface area contributed by atoms with Gasteiger partial charge in [-0.05, 0) is 34.7 Å². The third kappa shape index (κ3) is 2.85. The molecule has 0 aliphatic rings. The fourth-order valence-corrected chi connectivity index (χ4v) is 3.75. The Kier molecular flexibility index (Phi) is 3.80. The van der Waals surface area contributed by atoms with Crippen LogP contribution in [0.25, 0.3) is 10.2 Å². The molecule has 21 heavy (non-hydrogen) atoms. The summed E-state index contributed by atoms with van der Waals surface area (Å²) in [4.78, 5) is 14.8. The normalized spacial score (nSPS) is 11.1. The molecule has 0 atom stereocenters. The van der Waals surface area contributed by atoms with Gasteiger partial charge in [-0.1, -0.05) is 6.92 Å². The van der Waals surface area contributed by atoms with Crippen molar-refractivity contribution in [3.63, 3.8) is 0 Å². The molecule has 1 aromatic carbocycles. The van der Waals surface area contributed by atoms with Crippen LogP contribution in [0.1, 0.15) is 13.3 Å². The van der Waals surface area contributed by atoms with Crippen molar-refractivity contribution in [3.05, 3.63) is 28.3 Å². The number of benzene rings is 1. The number of aromatic nitrogens is 5. The SMILES string of the molecule is CCCn1nnnc1Sc1nc2ccc([N+](=O)[O-])cc2s1. The second-order valence-electron chi connectivity index (χ2n) is 4.18. The van der Waals surface area contributed by atoms with Crippen molar-refractivity contribution in [2.45, 2.75) is 29.4 Å². The maximum absolute atomic E-state index is 10.8. The highest BCUT2D eigenvalue weighted by molar-refractivity contribution is 8.01. The van der Waals surface area contributed by atoms with Crippen molar-refractivity contribution in [2.24, 2.45) is 0 Å². The molecule has 2 heterocycles. The first-order chi connectivity index (χ1) is 10.2. The largest absolute Gasteiger partial charge is 0.270 e. The van der Waals surface area contributed by atoms with E-state index in [0.717, 1.165) is 27.5 Å². The summed E-state index contributed by atoms with van der Waals surface area (Å²) in [6.45, 7) is 2.79. The maximum Gasteiger partial charge on any atom is 0.270 e. The van der Waals surface area contributed by atoms with E-state index >= 15 is 0 Å². The number of nitrogens with zero attached hydrogens (tertiary/aromatic N) is 6. The van der Waals surface area contributed by atoms with E-state index in [2.05, 4.69) is 20.5 Å². The smallest absolute Gasteiger partial charge is 0.258 e. The van der Waals surface area contributed by atoms with E-state index in [-0.39, 0.29) is 5.69 Å². The first kappa shape index (κ1) is 13.9. The first-order valence-electron chi connectivity index (χ1n) is 6.16. The summed E-state index contributed by atoms with van der Waals surface area (Å²) >= 11 is 2.76. The van der Waals surface area contributed by atoms with E-state index in [4.69, 9.17) is 0 Å². The number of aryl methyl sites for hydroxylation is 1. The molecule has 0 saturated heterocycles. The van der Waals surface area contributed by atoms with Gasteiger partial charge < -0.3 is 0 Å². The Labute approximate surface area is 127 Å². The van der Waals surface area contributed by atoms with E-state index in [1.165, 1.54) is 35.2 Å². The molecule has 0 unspecified atom stereocenters. The average molecular weight is 322 g/mol. The van der Waals surface area contributed by atoms with E-state index in [1.807, 2.05) is 6.92 Å². The highest BCUT2D eigenvalue weighted by Gasteiger charge is 2.14. The van der Waals surface area contributed by atoms with Gasteiger partial charge in [-0.2, -0.15) is 0 Å². The minimum absolute atomic E-state index is 0.0681. The van der Waals surface area contributed by atoms with Gasteiger partial charge in [-0.15, -0.1) is 16.4 Å². The Hall–Kier alpha value is -2.07. The zero-order valence-electron chi connectivity index (χ0n) is 11.0. The highest BCUT2D eigenvalue weighted by atomic mass is 32.2. The van der Waals surface area contributed by atoms with Gasteiger partial charge in [-0.3, -0.25) is 10.1 Å². The summed E-state index contributed by atoms with van der Waals surface area (Å²) in [5.74, 6) is 0. The van der Waals surface area contributed by atoms with Crippen molar-refractivity contribution < 1.29 is 4.92 Å². The molecule has 3 aromatic rings. The van der Waals surface area contributed by atoms with Crippen molar-refractivity contribution in [2.75, 3.05) is 0 Å². The Morgan fingerprint density at radius 2 is 2.33 bits per heavy atom. The third-order valence-corrected chi connectivity index (χ3v) is 4.73. The van der Waals surface area contributed by atoms with Crippen LogP contribution in [-0.2, 0) is 6.54 Å². The summed E-state index contributed by atoms with van der Waals surface area (Å²) in [7, 11) is 0. The van der Waals surface area contributed by atoms with Crippen LogP contribution in [-0.4, -0.2) is 30.1 Å². The summed E-state index contributed by atoms with van der Waals surface area (Å²) in [5, 5.41) is 23.0. The summed E-state index contributed by atoms with van der Waals surface area (Å²) in [6, 6.07) is 4.65. The van der Waals surface area contributed by atoms with Crippen LogP contribution in [0.5, 0.6) is 0 Å². The molecule has 0 aliphatic heterocycles. The molecular weight excluding hydrogens is 312 g/mol. The topological polar surface area (TPSA) is 99.6 Å². The minimum Gasteiger partial charge on any atom is -0.258 e. The zero-order chi connectivity index (χ0) is 14.8. The van der Waals surface area contributed by atoms with Gasteiger partial charge in [0.15, 0.2) is 4.34 Å². The summed E-state index contributed by atoms with van der Waals surface area (Å²) in [6.07, 6.45) is 0.935. The number of hydrogen-bond donors (Lipinski definition) is 0. The predicted octanol–water partition coefficient (Wildman–Crippen LogP) is 2.75. The molecule has 108 valence electrons. The van der Waals surface area contributed by atoms with Crippen molar-refractivity contribution >= 4 is 39.0 Å². The Bertz CT molecular complexity index is 799. The lowest BCUT2D eigenvalue weighted by atomic mass is 10.3. The number of nitro benzene ring substituents is 1. The van der Waals surface area contributed by atoms with Gasteiger partial charge in [-0.25, -0.2) is 9.67 Å². The monoisotopic (exact) mass is 322 g/mol. The number of thiazole rings is 1. The fourth-order valence-electron chi connectivity index (χ4n) is 1.75. The molecule has 0 spiro atoms. The van der Waals surface area contributed by atoms with E-state index in [9.17, 15) is 10.1 Å². The molecule has 0 radical (unpaired) electrons. The van der Waals surface area contributed by atoms with Gasteiger partial charge in [0.2, 0.25) is 5.16 Å². The molecular formula is C11H10N6O2S2. The van der Waals surface area contributed by atoms with Gasteiger partial charge in [0.05, 0.1) is 15.1 Å². The number of nitro groups is 1. The molecule has 8 nitrogen and oxygen atoms in total. The van der Waals surface area contributed by atoms with E-state index < -0.39 is 4.92 Å². The predicted molar refractivity (Wildman–Crippen MR) is 78.5 cm³/mol. The lowest BCUT2D eigenvalue weighted by molar-refractivity contribution is -0.384. The number of tetrazole rings is 1. The third-order valence-electron chi connectivity index (χ3n) is 2.68. The van der Waals surface area contributed by atoms with Crippen molar-refractivity contribution in [3.8, 4) is 0 Å². The van der Waals surface area contributed by atoms with Crippen LogP contribution < -0.4 is 0 Å². The molecule has 3 rings (SSSR count). The summed E-state index contributed by atoms with van der Waals surface area (Å²) < 4.78 is 3.26. The maximum atomic E-state index is 10.8. The van der Waals surface area contributed by atoms with Crippen LogP contribution in [0, 0.1) is 10.1 Å². The Morgan fingerprint density at radius 3 is 3.10 bits per heavy atom. The molecule has 0 N–H and O–H groups in total. The number of non-ortho nitro benzene ring substituents is 1. The minimum atomic E-state index is -0.409. The second kappa shape index (κ2) is 5.74. The van der Waals surface area contributed by atoms with Crippen LogP contribution >= 0.6 is 23.1 Å². The van der Waals surface area contributed by atoms with Crippen LogP contribution in [0.2, 0.25) is 0 Å². The van der Waals surface area contributed by atoms with Crippen molar-refractivity contribution in [1.29, 1.82) is 0 Å². The number of hydrogen-bond acceptors (Lipinski definition) is 8. The zero-order valence-corrected chi connectivity index (χ0v) is 12.6. The van der Waals surface area contributed by atoms with E-state index in [0.29, 0.717) is 5.16 Å². The average Bonchev–Trinajstić information content (AvgIpc) is 3.05. The number of rotatable bonds is 5. The quantitative estimate of drug-likeness (QED) is 0.526. The summed E-state index contributed by atoms with van der Waals surface area (Å²) in [5.41, 5.74) is 0.807. The standard InChI is InChI=1S/C11H10N6O2S2/c1-2-5-16-10(13-14-15-16)21-11-12-8-4-3-7(17(18)19)6-9(8)20-11/h3-4,6H,2,5H2,1H3. The Morgan fingerprint density at radius 1 is 1.48 bits per heavy atom.